The van der Waals surface area contributed by atoms with Crippen LogP contribution in [0, 0.1) is 17.1 Å². The van der Waals surface area contributed by atoms with Crippen molar-refractivity contribution in [2.45, 2.75) is 0 Å². The van der Waals surface area contributed by atoms with Gasteiger partial charge in [-0.2, -0.15) is 5.26 Å². The zero-order valence-electron chi connectivity index (χ0n) is 7.62. The van der Waals surface area contributed by atoms with E-state index in [-0.39, 0.29) is 11.4 Å². The second-order valence-corrected chi connectivity index (χ2v) is 2.58. The topological polar surface area (TPSA) is 59.0 Å². The van der Waals surface area contributed by atoms with Gasteiger partial charge in [-0.15, -0.1) is 0 Å². The Hall–Kier alpha value is -2.02. The molecule has 0 aromatic heterocycles. The number of benzene rings is 1. The Kier molecular flexibility index (Phi) is 3.08. The minimum atomic E-state index is -0.501. The number of allylic oxidation sites excluding steroid dienone is 1. The standard InChI is InChI=1S/C10H9FN2O/c1-14-10-3-2-7(6-8(10)11)9(13)4-5-12/h2-4,6H,13H2,1H3/b9-4+. The van der Waals surface area contributed by atoms with Crippen LogP contribution in [0.15, 0.2) is 24.3 Å². The van der Waals surface area contributed by atoms with E-state index in [1.54, 1.807) is 12.1 Å². The fourth-order valence-corrected chi connectivity index (χ4v) is 0.999. The molecule has 14 heavy (non-hydrogen) atoms. The average molecular weight is 192 g/mol. The molecule has 0 radical (unpaired) electrons. The number of rotatable bonds is 2. The van der Waals surface area contributed by atoms with Gasteiger partial charge in [0.2, 0.25) is 0 Å². The number of hydrogen-bond donors (Lipinski definition) is 1. The Labute approximate surface area is 81.2 Å². The summed E-state index contributed by atoms with van der Waals surface area (Å²) in [6.45, 7) is 0. The molecule has 1 aromatic rings. The summed E-state index contributed by atoms with van der Waals surface area (Å²) in [4.78, 5) is 0. The van der Waals surface area contributed by atoms with Gasteiger partial charge < -0.3 is 10.5 Å². The van der Waals surface area contributed by atoms with E-state index in [1.807, 2.05) is 0 Å². The van der Waals surface area contributed by atoms with E-state index in [2.05, 4.69) is 0 Å². The van der Waals surface area contributed by atoms with Gasteiger partial charge in [0.05, 0.1) is 13.2 Å². The molecule has 3 nitrogen and oxygen atoms in total. The zero-order chi connectivity index (χ0) is 10.6. The lowest BCUT2D eigenvalue weighted by atomic mass is 10.1. The van der Waals surface area contributed by atoms with Crippen LogP contribution >= 0.6 is 0 Å². The van der Waals surface area contributed by atoms with E-state index >= 15 is 0 Å². The zero-order valence-corrected chi connectivity index (χ0v) is 7.62. The lowest BCUT2D eigenvalue weighted by Crippen LogP contribution is -1.97. The third kappa shape index (κ3) is 2.02. The molecule has 0 aliphatic heterocycles. The first-order valence-corrected chi connectivity index (χ1v) is 3.88. The molecular weight excluding hydrogens is 183 g/mol. The summed E-state index contributed by atoms with van der Waals surface area (Å²) < 4.78 is 17.9. The highest BCUT2D eigenvalue weighted by molar-refractivity contribution is 5.65. The van der Waals surface area contributed by atoms with Crippen LogP contribution in [0.4, 0.5) is 4.39 Å². The molecule has 1 rings (SSSR count). The number of hydrogen-bond acceptors (Lipinski definition) is 3. The lowest BCUT2D eigenvalue weighted by molar-refractivity contribution is 0.386. The number of methoxy groups -OCH3 is 1. The van der Waals surface area contributed by atoms with Gasteiger partial charge in [-0.05, 0) is 18.2 Å². The van der Waals surface area contributed by atoms with Gasteiger partial charge in [-0.3, -0.25) is 0 Å². The number of ether oxygens (including phenoxy) is 1. The Balaban J connectivity index is 3.10. The molecule has 0 aliphatic rings. The highest BCUT2D eigenvalue weighted by atomic mass is 19.1. The molecule has 2 N–H and O–H groups in total. The summed E-state index contributed by atoms with van der Waals surface area (Å²) in [5.74, 6) is -0.349. The molecule has 0 bridgehead atoms. The monoisotopic (exact) mass is 192 g/mol. The summed E-state index contributed by atoms with van der Waals surface area (Å²) in [6, 6.07) is 6.05. The molecule has 0 spiro atoms. The molecule has 0 saturated heterocycles. The molecule has 0 aliphatic carbocycles. The SMILES string of the molecule is COc1ccc(/C(N)=C\C#N)cc1F. The molecule has 72 valence electrons. The van der Waals surface area contributed by atoms with Crippen molar-refractivity contribution in [3.05, 3.63) is 35.7 Å². The van der Waals surface area contributed by atoms with E-state index in [1.165, 1.54) is 19.2 Å². The summed E-state index contributed by atoms with van der Waals surface area (Å²) in [5, 5.41) is 8.34. The second kappa shape index (κ2) is 4.28. The highest BCUT2D eigenvalue weighted by Gasteiger charge is 2.04. The van der Waals surface area contributed by atoms with Crippen molar-refractivity contribution >= 4 is 5.70 Å². The van der Waals surface area contributed by atoms with Gasteiger partial charge in [0.1, 0.15) is 0 Å². The van der Waals surface area contributed by atoms with E-state index in [9.17, 15) is 4.39 Å². The molecule has 0 heterocycles. The maximum absolute atomic E-state index is 13.2. The largest absolute Gasteiger partial charge is 0.494 e. The van der Waals surface area contributed by atoms with Gasteiger partial charge in [0.25, 0.3) is 0 Å². The van der Waals surface area contributed by atoms with Crippen LogP contribution in [-0.4, -0.2) is 7.11 Å². The molecule has 0 unspecified atom stereocenters. The Bertz CT molecular complexity index is 407. The average Bonchev–Trinajstić information content (AvgIpc) is 2.18. The smallest absolute Gasteiger partial charge is 0.165 e. The first-order valence-electron chi connectivity index (χ1n) is 3.88. The summed E-state index contributed by atoms with van der Waals surface area (Å²) in [6.07, 6.45) is 1.15. The predicted molar refractivity (Wildman–Crippen MR) is 50.7 cm³/mol. The first kappa shape index (κ1) is 10.1. The summed E-state index contributed by atoms with van der Waals surface area (Å²) >= 11 is 0. The number of nitrogens with two attached hydrogens (primary N) is 1. The second-order valence-electron chi connectivity index (χ2n) is 2.58. The van der Waals surface area contributed by atoms with Crippen molar-refractivity contribution in [3.63, 3.8) is 0 Å². The van der Waals surface area contributed by atoms with Gasteiger partial charge in [-0.1, -0.05) is 0 Å². The van der Waals surface area contributed by atoms with Crippen molar-refractivity contribution in [1.82, 2.24) is 0 Å². The third-order valence-corrected chi connectivity index (χ3v) is 1.71. The minimum absolute atomic E-state index is 0.151. The maximum Gasteiger partial charge on any atom is 0.165 e. The van der Waals surface area contributed by atoms with Gasteiger partial charge in [0.15, 0.2) is 11.6 Å². The Morgan fingerprint density at radius 1 is 1.64 bits per heavy atom. The molecule has 0 amide bonds. The van der Waals surface area contributed by atoms with Crippen molar-refractivity contribution in [2.24, 2.45) is 5.73 Å². The fraction of sp³-hybridized carbons (Fsp3) is 0.100. The minimum Gasteiger partial charge on any atom is -0.494 e. The van der Waals surface area contributed by atoms with Gasteiger partial charge in [0, 0.05) is 17.3 Å². The molecule has 0 fully saturated rings. The van der Waals surface area contributed by atoms with Crippen LogP contribution in [0.3, 0.4) is 0 Å². The lowest BCUT2D eigenvalue weighted by Gasteiger charge is -2.04. The number of nitrogens with zero attached hydrogens (tertiary/aromatic N) is 1. The number of nitriles is 1. The molecule has 0 atom stereocenters. The Morgan fingerprint density at radius 3 is 2.86 bits per heavy atom. The van der Waals surface area contributed by atoms with Crippen LogP contribution in [-0.2, 0) is 0 Å². The first-order chi connectivity index (χ1) is 6.69. The van der Waals surface area contributed by atoms with E-state index in [0.29, 0.717) is 5.56 Å². The Morgan fingerprint density at radius 2 is 2.36 bits per heavy atom. The highest BCUT2D eigenvalue weighted by Crippen LogP contribution is 2.20. The van der Waals surface area contributed by atoms with E-state index in [0.717, 1.165) is 6.08 Å². The maximum atomic E-state index is 13.2. The van der Waals surface area contributed by atoms with Gasteiger partial charge >= 0.3 is 0 Å². The normalized spacial score (nSPS) is 10.8. The van der Waals surface area contributed by atoms with Crippen LogP contribution in [0.1, 0.15) is 5.56 Å². The summed E-state index contributed by atoms with van der Waals surface area (Å²) in [7, 11) is 1.38. The van der Waals surface area contributed by atoms with Crippen molar-refractivity contribution in [3.8, 4) is 11.8 Å². The fourth-order valence-electron chi connectivity index (χ4n) is 0.999. The van der Waals surface area contributed by atoms with E-state index in [4.69, 9.17) is 15.7 Å². The van der Waals surface area contributed by atoms with Crippen molar-refractivity contribution < 1.29 is 9.13 Å². The van der Waals surface area contributed by atoms with Crippen LogP contribution in [0.25, 0.3) is 5.70 Å². The molecule has 0 saturated carbocycles. The van der Waals surface area contributed by atoms with Crippen molar-refractivity contribution in [2.75, 3.05) is 7.11 Å². The number of halogens is 1. The predicted octanol–water partition coefficient (Wildman–Crippen LogP) is 1.66. The third-order valence-electron chi connectivity index (χ3n) is 1.71. The molecular formula is C10H9FN2O. The van der Waals surface area contributed by atoms with Crippen LogP contribution in [0.2, 0.25) is 0 Å². The van der Waals surface area contributed by atoms with Crippen molar-refractivity contribution in [1.29, 1.82) is 5.26 Å². The van der Waals surface area contributed by atoms with Crippen LogP contribution in [0.5, 0.6) is 5.75 Å². The van der Waals surface area contributed by atoms with Gasteiger partial charge in [-0.25, -0.2) is 4.39 Å². The molecule has 4 heteroatoms. The summed E-state index contributed by atoms with van der Waals surface area (Å²) in [5.41, 5.74) is 6.19. The van der Waals surface area contributed by atoms with Crippen LogP contribution < -0.4 is 10.5 Å². The quantitative estimate of drug-likeness (QED) is 0.725. The van der Waals surface area contributed by atoms with E-state index < -0.39 is 5.82 Å². The molecule has 1 aromatic carbocycles.